The van der Waals surface area contributed by atoms with Crippen molar-refractivity contribution in [1.82, 2.24) is 0 Å². The van der Waals surface area contributed by atoms with Crippen molar-refractivity contribution in [2.45, 2.75) is 316 Å². The molecule has 3 N–H and O–H groups in total. The maximum absolute atomic E-state index is 13.1. The van der Waals surface area contributed by atoms with Crippen LogP contribution in [-0.2, 0) is 65.4 Å². The molecule has 622 valence electrons. The van der Waals surface area contributed by atoms with Gasteiger partial charge in [0.1, 0.15) is 19.3 Å². The van der Waals surface area contributed by atoms with Crippen molar-refractivity contribution in [3.63, 3.8) is 0 Å². The van der Waals surface area contributed by atoms with Gasteiger partial charge in [0.2, 0.25) is 0 Å². The van der Waals surface area contributed by atoms with Crippen LogP contribution in [0.1, 0.15) is 297 Å². The van der Waals surface area contributed by atoms with Crippen LogP contribution in [0.3, 0.4) is 0 Å². The van der Waals surface area contributed by atoms with Crippen LogP contribution in [0.5, 0.6) is 0 Å². The van der Waals surface area contributed by atoms with Crippen LogP contribution in [-0.4, -0.2) is 96.7 Å². The lowest BCUT2D eigenvalue weighted by Crippen LogP contribution is -2.30. The van der Waals surface area contributed by atoms with E-state index in [1.165, 1.54) is 38.5 Å². The molecule has 0 heterocycles. The molecule has 0 aromatic rings. The van der Waals surface area contributed by atoms with Gasteiger partial charge in [0.25, 0.3) is 0 Å². The number of carbonyl (C=O) groups excluding carboxylic acids is 4. The van der Waals surface area contributed by atoms with Gasteiger partial charge in [-0.05, 0) is 173 Å². The molecule has 17 nitrogen and oxygen atoms in total. The van der Waals surface area contributed by atoms with Crippen LogP contribution in [0.25, 0.3) is 0 Å². The summed E-state index contributed by atoms with van der Waals surface area (Å²) in [5.74, 6) is -2.39. The van der Waals surface area contributed by atoms with Crippen LogP contribution in [0, 0.1) is 0 Å². The molecule has 0 saturated heterocycles. The van der Waals surface area contributed by atoms with Crippen LogP contribution < -0.4 is 0 Å². The molecule has 0 bridgehead atoms. The fourth-order valence-electron chi connectivity index (χ4n) is 10.3. The van der Waals surface area contributed by atoms with E-state index in [0.29, 0.717) is 38.5 Å². The van der Waals surface area contributed by atoms with Crippen LogP contribution in [0.15, 0.2) is 194 Å². The van der Waals surface area contributed by atoms with Crippen LogP contribution in [0.2, 0.25) is 0 Å². The summed E-state index contributed by atoms with van der Waals surface area (Å²) in [5, 5.41) is 10.7. The lowest BCUT2D eigenvalue weighted by atomic mass is 10.1. The first kappa shape index (κ1) is 104. The maximum Gasteiger partial charge on any atom is 0.472 e. The standard InChI is InChI=1S/C91H146O17P2/c1-5-9-13-17-21-25-29-33-37-40-42-45-48-51-55-59-63-67-71-75-88(93)101-81-86(107-90(95)77-73-69-65-61-57-53-47-36-32-28-24-20-16-12-8-4)83-105-109(97,98)103-79-85(92)80-104-110(99,100)106-84-87(108-91(96)78-74-70-66-62-58-54-50-44-39-35-31-27-23-19-15-11-7-3)82-102-89(94)76-72-68-64-60-56-52-49-46-43-41-38-34-30-26-22-18-14-10-6-2/h9,11,13,15,21-28,33-39,42-43,45-47,50-51,54-55,62-63,66-67,85-87,92H,5-8,10,12,14,16-20,29-32,40-41,44,48-49,52-53,56-61,64-65,68-84H2,1-4H3,(H,97,98)(H,99,100)/b13-9-,15-11-,25-21-,26-22-,27-23-,28-24-,37-33-,38-34-,39-35-,45-42-,46-43-,47-36-,54-50-,55-51-,66-62-,67-63-. The van der Waals surface area contributed by atoms with Crippen molar-refractivity contribution < 1.29 is 80.2 Å². The van der Waals surface area contributed by atoms with Crippen molar-refractivity contribution in [2.75, 3.05) is 39.6 Å². The summed E-state index contributed by atoms with van der Waals surface area (Å²) < 4.78 is 68.6. The molecule has 5 unspecified atom stereocenters. The first-order chi connectivity index (χ1) is 53.7. The molecule has 0 saturated carbocycles. The number of hydrogen-bond acceptors (Lipinski definition) is 15. The average Bonchev–Trinajstić information content (AvgIpc) is 0.899. The van der Waals surface area contributed by atoms with Gasteiger partial charge < -0.3 is 33.8 Å². The normalized spacial score (nSPS) is 14.8. The second-order valence-corrected chi connectivity index (χ2v) is 29.8. The molecule has 0 rings (SSSR count). The minimum atomic E-state index is -5.02. The second-order valence-electron chi connectivity index (χ2n) is 26.9. The summed E-state index contributed by atoms with van der Waals surface area (Å²) in [4.78, 5) is 73.1. The van der Waals surface area contributed by atoms with Gasteiger partial charge in [-0.1, -0.05) is 293 Å². The molecule has 0 fully saturated rings. The van der Waals surface area contributed by atoms with Gasteiger partial charge in [0, 0.05) is 25.7 Å². The van der Waals surface area contributed by atoms with E-state index in [1.807, 2.05) is 30.4 Å². The summed E-state index contributed by atoms with van der Waals surface area (Å²) in [6, 6.07) is 0. The van der Waals surface area contributed by atoms with E-state index in [-0.39, 0.29) is 25.7 Å². The molecule has 110 heavy (non-hydrogen) atoms. The lowest BCUT2D eigenvalue weighted by molar-refractivity contribution is -0.161. The highest BCUT2D eigenvalue weighted by molar-refractivity contribution is 7.47. The minimum Gasteiger partial charge on any atom is -0.462 e. The Balaban J connectivity index is 5.53. The number of allylic oxidation sites excluding steroid dienone is 32. The molecule has 0 amide bonds. The molecular formula is C91H146O17P2. The first-order valence-electron chi connectivity index (χ1n) is 41.7. The summed E-state index contributed by atoms with van der Waals surface area (Å²) in [5.41, 5.74) is 0. The predicted octanol–water partition coefficient (Wildman–Crippen LogP) is 24.9. The monoisotopic (exact) mass is 1570 g/mol. The Kier molecular flexibility index (Phi) is 76.4. The number of hydrogen-bond donors (Lipinski definition) is 3. The largest absolute Gasteiger partial charge is 0.472 e. The third-order valence-corrected chi connectivity index (χ3v) is 18.4. The van der Waals surface area contributed by atoms with Gasteiger partial charge >= 0.3 is 39.5 Å². The number of unbranched alkanes of at least 4 members (excludes halogenated alkanes) is 18. The van der Waals surface area contributed by atoms with E-state index in [1.54, 1.807) is 0 Å². The number of rotatable bonds is 76. The van der Waals surface area contributed by atoms with Gasteiger partial charge in [-0.2, -0.15) is 0 Å². The van der Waals surface area contributed by atoms with Gasteiger partial charge in [-0.15, -0.1) is 0 Å². The van der Waals surface area contributed by atoms with Crippen molar-refractivity contribution >= 4 is 39.5 Å². The van der Waals surface area contributed by atoms with Crippen LogP contribution in [0.4, 0.5) is 0 Å². The molecule has 0 radical (unpaired) electrons. The fraction of sp³-hybridized carbons (Fsp3) is 0.604. The van der Waals surface area contributed by atoms with Crippen molar-refractivity contribution in [3.8, 4) is 0 Å². The van der Waals surface area contributed by atoms with Gasteiger partial charge in [0.05, 0.1) is 26.4 Å². The molecular weight excluding hydrogens is 1430 g/mol. The van der Waals surface area contributed by atoms with Gasteiger partial charge in [-0.3, -0.25) is 37.3 Å². The molecule has 0 aliphatic heterocycles. The summed E-state index contributed by atoms with van der Waals surface area (Å²) in [7, 11) is -10.0. The van der Waals surface area contributed by atoms with E-state index in [4.69, 9.17) is 37.0 Å². The third-order valence-electron chi connectivity index (χ3n) is 16.5. The zero-order valence-electron chi connectivity index (χ0n) is 68.1. The zero-order chi connectivity index (χ0) is 80.3. The Hall–Kier alpha value is -6.10. The Morgan fingerprint density at radius 1 is 0.264 bits per heavy atom. The maximum atomic E-state index is 13.1. The molecule has 0 aliphatic carbocycles. The summed E-state index contributed by atoms with van der Waals surface area (Å²) >= 11 is 0. The quantitative estimate of drug-likeness (QED) is 0.0169. The molecule has 0 aliphatic rings. The predicted molar refractivity (Wildman–Crippen MR) is 454 cm³/mol. The van der Waals surface area contributed by atoms with Crippen LogP contribution >= 0.6 is 15.6 Å². The van der Waals surface area contributed by atoms with E-state index >= 15 is 0 Å². The number of phosphoric acid groups is 2. The van der Waals surface area contributed by atoms with Gasteiger partial charge in [0.15, 0.2) is 12.2 Å². The minimum absolute atomic E-state index is 0.00419. The second kappa shape index (κ2) is 80.9. The smallest absolute Gasteiger partial charge is 0.462 e. The average molecular weight is 1570 g/mol. The lowest BCUT2D eigenvalue weighted by Gasteiger charge is -2.21. The number of aliphatic hydroxyl groups excluding tert-OH is 1. The molecule has 19 heteroatoms. The van der Waals surface area contributed by atoms with E-state index in [2.05, 4.69) is 192 Å². The first-order valence-corrected chi connectivity index (χ1v) is 44.7. The number of ether oxygens (including phenoxy) is 4. The van der Waals surface area contributed by atoms with E-state index in [0.717, 1.165) is 167 Å². The van der Waals surface area contributed by atoms with E-state index < -0.39 is 97.5 Å². The Bertz CT molecular complexity index is 2850. The van der Waals surface area contributed by atoms with Crippen molar-refractivity contribution in [1.29, 1.82) is 0 Å². The number of phosphoric ester groups is 2. The molecule has 0 aromatic carbocycles. The third kappa shape index (κ3) is 80.0. The Labute approximate surface area is 666 Å². The van der Waals surface area contributed by atoms with Gasteiger partial charge in [-0.25, -0.2) is 9.13 Å². The Morgan fingerprint density at radius 2 is 0.500 bits per heavy atom. The summed E-state index contributed by atoms with van der Waals surface area (Å²) in [6.45, 7) is 4.40. The topological polar surface area (TPSA) is 237 Å². The zero-order valence-corrected chi connectivity index (χ0v) is 69.9. The fourth-order valence-corrected chi connectivity index (χ4v) is 11.8. The highest BCUT2D eigenvalue weighted by atomic mass is 31.2. The molecule has 0 aromatic heterocycles. The summed E-state index contributed by atoms with van der Waals surface area (Å²) in [6.07, 6.45) is 99.9. The SMILES string of the molecule is CC/C=C\C/C=C\C/C=C\C/C=C\C/C=C\C/C=C\CCC(=O)OCC(COP(=O)(O)OCC(O)COP(=O)(O)OCC(COC(=O)CCCCCCCC/C=C\C/C=C\C/C=C\CCCCC)OC(=O)CCC/C=C\C/C=C\C/C=C\C/C=C\C/C=C\CC)OC(=O)CCCCCCC/C=C\C/C=C\CCCCC. The Morgan fingerprint density at radius 3 is 0.818 bits per heavy atom. The van der Waals surface area contributed by atoms with Crippen molar-refractivity contribution in [3.05, 3.63) is 194 Å². The van der Waals surface area contributed by atoms with Crippen molar-refractivity contribution in [2.24, 2.45) is 0 Å². The number of aliphatic hydroxyl groups is 1. The highest BCUT2D eigenvalue weighted by Gasteiger charge is 2.30. The highest BCUT2D eigenvalue weighted by Crippen LogP contribution is 2.45. The number of carbonyl (C=O) groups is 4. The molecule has 5 atom stereocenters. The molecule has 0 spiro atoms. The van der Waals surface area contributed by atoms with E-state index in [9.17, 15) is 43.2 Å². The number of esters is 4.